The third-order valence-corrected chi connectivity index (χ3v) is 2.83. The van der Waals surface area contributed by atoms with Crippen molar-refractivity contribution in [3.8, 4) is 0 Å². The maximum Gasteiger partial charge on any atom is 0.330 e. The van der Waals surface area contributed by atoms with Crippen molar-refractivity contribution in [2.45, 2.75) is 18.9 Å². The van der Waals surface area contributed by atoms with E-state index in [2.05, 4.69) is 9.72 Å². The minimum atomic E-state index is -4.18. The van der Waals surface area contributed by atoms with Gasteiger partial charge in [-0.15, -0.1) is 0 Å². The molecule has 0 bridgehead atoms. The number of hydrogen-bond acceptors (Lipinski definition) is 3. The second kappa shape index (κ2) is 6.21. The molecule has 0 saturated carbocycles. The van der Waals surface area contributed by atoms with Crippen molar-refractivity contribution in [3.05, 3.63) is 40.9 Å². The highest BCUT2D eigenvalue weighted by Gasteiger charge is 2.40. The fourth-order valence-electron chi connectivity index (χ4n) is 1.72. The van der Waals surface area contributed by atoms with E-state index in [4.69, 9.17) is 0 Å². The molecule has 8 heteroatoms. The minimum Gasteiger partial charge on any atom is -0.373 e. The summed E-state index contributed by atoms with van der Waals surface area (Å²) in [5.41, 5.74) is -0.143. The van der Waals surface area contributed by atoms with Gasteiger partial charge in [0.2, 0.25) is 0 Å². The monoisotopic (exact) mass is 304 g/mol. The summed E-state index contributed by atoms with van der Waals surface area (Å²) >= 11 is 0. The fraction of sp³-hybridized carbons (Fsp3) is 0.385. The Morgan fingerprint density at radius 3 is 2.81 bits per heavy atom. The number of halogens is 4. The number of aromatic nitrogens is 2. The van der Waals surface area contributed by atoms with Crippen LogP contribution in [0.25, 0.3) is 10.9 Å². The first-order valence-corrected chi connectivity index (χ1v) is 6.10. The smallest absolute Gasteiger partial charge is 0.330 e. The van der Waals surface area contributed by atoms with Crippen molar-refractivity contribution in [3.63, 3.8) is 0 Å². The minimum absolute atomic E-state index is 0.0231. The van der Waals surface area contributed by atoms with E-state index in [1.54, 1.807) is 18.2 Å². The molecule has 114 valence electrons. The summed E-state index contributed by atoms with van der Waals surface area (Å²) in [6.07, 6.45) is -0.834. The molecule has 0 saturated heterocycles. The molecule has 2 aromatic heterocycles. The van der Waals surface area contributed by atoms with Gasteiger partial charge in [-0.05, 0) is 12.1 Å². The highest BCUT2D eigenvalue weighted by molar-refractivity contribution is 5.76. The molecule has 21 heavy (non-hydrogen) atoms. The van der Waals surface area contributed by atoms with Crippen LogP contribution in [-0.2, 0) is 11.3 Å². The number of nitrogens with zero attached hydrogens (tertiary/aromatic N) is 2. The molecule has 0 aliphatic heterocycles. The number of rotatable bonds is 6. The van der Waals surface area contributed by atoms with Crippen LogP contribution in [0.3, 0.4) is 0 Å². The van der Waals surface area contributed by atoms with Crippen LogP contribution in [0.5, 0.6) is 0 Å². The van der Waals surface area contributed by atoms with Crippen molar-refractivity contribution < 1.29 is 22.3 Å². The molecule has 0 fully saturated rings. The molecule has 0 aliphatic carbocycles. The molecule has 2 aromatic rings. The third kappa shape index (κ3) is 3.57. The molecule has 4 nitrogen and oxygen atoms in total. The Labute approximate surface area is 117 Å². The Kier molecular flexibility index (Phi) is 4.56. The molecule has 0 aromatic carbocycles. The third-order valence-electron chi connectivity index (χ3n) is 2.83. The average molecular weight is 304 g/mol. The van der Waals surface area contributed by atoms with Gasteiger partial charge in [0.25, 0.3) is 5.56 Å². The van der Waals surface area contributed by atoms with Gasteiger partial charge in [-0.1, -0.05) is 6.07 Å². The summed E-state index contributed by atoms with van der Waals surface area (Å²) in [4.78, 5) is 15.9. The summed E-state index contributed by atoms with van der Waals surface area (Å²) in [5, 5.41) is 0.656. The lowest BCUT2D eigenvalue weighted by molar-refractivity contribution is -0.166. The Morgan fingerprint density at radius 1 is 1.33 bits per heavy atom. The summed E-state index contributed by atoms with van der Waals surface area (Å²) in [7, 11) is 0. The van der Waals surface area contributed by atoms with Crippen LogP contribution in [0.15, 0.2) is 35.4 Å². The summed E-state index contributed by atoms with van der Waals surface area (Å²) in [6, 6.07) is 5.05. The van der Waals surface area contributed by atoms with Gasteiger partial charge in [-0.25, -0.2) is 8.78 Å². The van der Waals surface area contributed by atoms with E-state index in [9.17, 15) is 22.4 Å². The second-order valence-corrected chi connectivity index (χ2v) is 4.37. The molecule has 2 rings (SSSR count). The van der Waals surface area contributed by atoms with Gasteiger partial charge in [0.1, 0.15) is 12.1 Å². The molecule has 0 spiro atoms. The van der Waals surface area contributed by atoms with E-state index in [1.807, 2.05) is 0 Å². The van der Waals surface area contributed by atoms with Crippen LogP contribution >= 0.6 is 0 Å². The first kappa shape index (κ1) is 15.4. The topological polar surface area (TPSA) is 44.1 Å². The largest absolute Gasteiger partial charge is 0.373 e. The summed E-state index contributed by atoms with van der Waals surface area (Å²) < 4.78 is 54.8. The van der Waals surface area contributed by atoms with Gasteiger partial charge in [-0.2, -0.15) is 8.78 Å². The van der Waals surface area contributed by atoms with Crippen molar-refractivity contribution in [1.82, 2.24) is 9.55 Å². The van der Waals surface area contributed by atoms with E-state index >= 15 is 0 Å². The van der Waals surface area contributed by atoms with Crippen molar-refractivity contribution >= 4 is 10.9 Å². The number of hydrogen-bond donors (Lipinski definition) is 0. The van der Waals surface area contributed by atoms with Gasteiger partial charge in [-0.3, -0.25) is 9.78 Å². The van der Waals surface area contributed by atoms with E-state index in [1.165, 1.54) is 17.0 Å². The first-order chi connectivity index (χ1) is 9.92. The zero-order valence-electron chi connectivity index (χ0n) is 10.8. The fourth-order valence-corrected chi connectivity index (χ4v) is 1.72. The first-order valence-electron chi connectivity index (χ1n) is 6.10. The van der Waals surface area contributed by atoms with Crippen LogP contribution in [0.1, 0.15) is 0 Å². The Balaban J connectivity index is 1.99. The Bertz CT molecular complexity index is 673. The maximum absolute atomic E-state index is 12.6. The van der Waals surface area contributed by atoms with Crippen molar-refractivity contribution in [2.75, 3.05) is 13.2 Å². The van der Waals surface area contributed by atoms with Crippen LogP contribution in [0.4, 0.5) is 17.6 Å². The zero-order chi connectivity index (χ0) is 15.5. The SMILES string of the molecule is O=c1c2ncccc2ccn1CCOCC(F)(F)C(F)F. The molecular weight excluding hydrogens is 292 g/mol. The molecular formula is C13H12F4N2O2. The summed E-state index contributed by atoms with van der Waals surface area (Å²) in [5.74, 6) is -4.18. The molecule has 0 unspecified atom stereocenters. The molecule has 0 aliphatic rings. The highest BCUT2D eigenvalue weighted by Crippen LogP contribution is 2.22. The van der Waals surface area contributed by atoms with Crippen LogP contribution in [0, 0.1) is 0 Å². The van der Waals surface area contributed by atoms with Crippen molar-refractivity contribution in [1.29, 1.82) is 0 Å². The maximum atomic E-state index is 12.6. The van der Waals surface area contributed by atoms with Gasteiger partial charge in [0, 0.05) is 24.3 Å². The van der Waals surface area contributed by atoms with Crippen LogP contribution < -0.4 is 5.56 Å². The number of ether oxygens (including phenoxy) is 1. The lowest BCUT2D eigenvalue weighted by Gasteiger charge is -2.15. The Hall–Kier alpha value is -1.96. The molecule has 0 atom stereocenters. The van der Waals surface area contributed by atoms with Gasteiger partial charge >= 0.3 is 12.3 Å². The van der Waals surface area contributed by atoms with E-state index < -0.39 is 24.5 Å². The van der Waals surface area contributed by atoms with Crippen LogP contribution in [-0.4, -0.2) is 35.1 Å². The van der Waals surface area contributed by atoms with Gasteiger partial charge in [0.15, 0.2) is 0 Å². The Morgan fingerprint density at radius 2 is 2.10 bits per heavy atom. The zero-order valence-corrected chi connectivity index (χ0v) is 10.8. The van der Waals surface area contributed by atoms with Crippen LogP contribution in [0.2, 0.25) is 0 Å². The molecule has 2 heterocycles. The van der Waals surface area contributed by atoms with E-state index in [-0.39, 0.29) is 18.7 Å². The molecule has 0 amide bonds. The lowest BCUT2D eigenvalue weighted by Crippen LogP contribution is -2.33. The number of alkyl halides is 4. The van der Waals surface area contributed by atoms with E-state index in [0.29, 0.717) is 5.39 Å². The number of pyridine rings is 2. The number of fused-ring (bicyclic) bond motifs is 1. The van der Waals surface area contributed by atoms with E-state index in [0.717, 1.165) is 0 Å². The quantitative estimate of drug-likeness (QED) is 0.607. The summed E-state index contributed by atoms with van der Waals surface area (Å²) in [6.45, 7) is -1.68. The molecule has 0 N–H and O–H groups in total. The van der Waals surface area contributed by atoms with Gasteiger partial charge in [0.05, 0.1) is 6.61 Å². The average Bonchev–Trinajstić information content (AvgIpc) is 2.45. The second-order valence-electron chi connectivity index (χ2n) is 4.37. The lowest BCUT2D eigenvalue weighted by atomic mass is 10.2. The normalized spacial score (nSPS) is 12.2. The van der Waals surface area contributed by atoms with Crippen molar-refractivity contribution in [2.24, 2.45) is 0 Å². The van der Waals surface area contributed by atoms with Gasteiger partial charge < -0.3 is 9.30 Å². The highest BCUT2D eigenvalue weighted by atomic mass is 19.3. The predicted molar refractivity (Wildman–Crippen MR) is 67.8 cm³/mol. The predicted octanol–water partition coefficient (Wildman–Crippen LogP) is 2.31. The molecule has 0 radical (unpaired) electrons. The standard InChI is InChI=1S/C13H12F4N2O2/c14-12(15)13(16,17)8-21-7-6-19-5-3-9-2-1-4-18-10(9)11(19)20/h1-5,12H,6-8H2.